The zero-order chi connectivity index (χ0) is 12.3. The van der Waals surface area contributed by atoms with Crippen molar-refractivity contribution in [3.05, 3.63) is 0 Å². The Hall–Kier alpha value is -0.450. The Bertz CT molecular complexity index is 263. The second-order valence-electron chi connectivity index (χ2n) is 5.70. The van der Waals surface area contributed by atoms with Crippen LogP contribution < -0.4 is 0 Å². The summed E-state index contributed by atoms with van der Waals surface area (Å²) in [6, 6.07) is 0. The third-order valence-electron chi connectivity index (χ3n) is 4.09. The Labute approximate surface area is 103 Å². The number of piperidine rings is 1. The number of aliphatic hydroxyl groups excluding tert-OH is 1. The van der Waals surface area contributed by atoms with E-state index in [1.165, 1.54) is 0 Å². The lowest BCUT2D eigenvalue weighted by molar-refractivity contribution is -0.126. The average molecular weight is 241 g/mol. The van der Waals surface area contributed by atoms with Gasteiger partial charge in [0.25, 0.3) is 0 Å². The highest BCUT2D eigenvalue weighted by molar-refractivity contribution is 5.60. The van der Waals surface area contributed by atoms with Crippen LogP contribution in [-0.2, 0) is 9.53 Å². The van der Waals surface area contributed by atoms with Gasteiger partial charge in [0.1, 0.15) is 6.29 Å². The third kappa shape index (κ3) is 3.06. The Balaban J connectivity index is 1.92. The molecule has 0 spiro atoms. The van der Waals surface area contributed by atoms with Gasteiger partial charge >= 0.3 is 0 Å². The molecule has 17 heavy (non-hydrogen) atoms. The van der Waals surface area contributed by atoms with Crippen LogP contribution >= 0.6 is 0 Å². The number of carbonyl (C=O) groups excluding carboxylic acids is 1. The van der Waals surface area contributed by atoms with Gasteiger partial charge in [-0.1, -0.05) is 6.92 Å². The lowest BCUT2D eigenvalue weighted by Gasteiger charge is -2.41. The lowest BCUT2D eigenvalue weighted by Crippen LogP contribution is -2.49. The molecule has 2 heterocycles. The molecule has 0 bridgehead atoms. The molecule has 3 atom stereocenters. The van der Waals surface area contributed by atoms with Crippen molar-refractivity contribution < 1.29 is 14.6 Å². The number of nitrogens with zero attached hydrogens (tertiary/aromatic N) is 1. The Kier molecular flexibility index (Phi) is 4.17. The quantitative estimate of drug-likeness (QED) is 0.738. The normalized spacial score (nSPS) is 40.1. The minimum absolute atomic E-state index is 0.180. The molecular weight excluding hydrogens is 218 g/mol. The smallest absolute Gasteiger partial charge is 0.129 e. The van der Waals surface area contributed by atoms with Gasteiger partial charge in [-0.2, -0.15) is 0 Å². The molecule has 0 aromatic rings. The summed E-state index contributed by atoms with van der Waals surface area (Å²) in [6.45, 7) is 5.97. The molecule has 4 nitrogen and oxygen atoms in total. The van der Waals surface area contributed by atoms with Gasteiger partial charge in [0, 0.05) is 26.2 Å². The summed E-state index contributed by atoms with van der Waals surface area (Å²) in [4.78, 5) is 13.7. The van der Waals surface area contributed by atoms with Crippen LogP contribution in [0.4, 0.5) is 0 Å². The predicted molar refractivity (Wildman–Crippen MR) is 64.8 cm³/mol. The monoisotopic (exact) mass is 241 g/mol. The van der Waals surface area contributed by atoms with Gasteiger partial charge < -0.3 is 19.5 Å². The van der Waals surface area contributed by atoms with Crippen molar-refractivity contribution in [2.75, 3.05) is 32.8 Å². The summed E-state index contributed by atoms with van der Waals surface area (Å²) < 4.78 is 5.46. The average Bonchev–Trinajstić information content (AvgIpc) is 2.35. The number of hydrogen-bond acceptors (Lipinski definition) is 4. The Morgan fingerprint density at radius 1 is 1.59 bits per heavy atom. The maximum absolute atomic E-state index is 11.3. The van der Waals surface area contributed by atoms with E-state index in [-0.39, 0.29) is 11.5 Å². The Morgan fingerprint density at radius 3 is 3.00 bits per heavy atom. The summed E-state index contributed by atoms with van der Waals surface area (Å²) >= 11 is 0. The number of ether oxygens (including phenoxy) is 1. The summed E-state index contributed by atoms with van der Waals surface area (Å²) in [6.07, 6.45) is 3.63. The number of hydrogen-bond donors (Lipinski definition) is 1. The minimum atomic E-state index is -0.305. The third-order valence-corrected chi connectivity index (χ3v) is 4.09. The summed E-state index contributed by atoms with van der Waals surface area (Å²) in [5.41, 5.74) is -0.305. The molecule has 2 aliphatic rings. The van der Waals surface area contributed by atoms with Crippen molar-refractivity contribution >= 4 is 6.29 Å². The van der Waals surface area contributed by atoms with E-state index in [0.29, 0.717) is 12.5 Å². The van der Waals surface area contributed by atoms with E-state index in [1.54, 1.807) is 0 Å². The van der Waals surface area contributed by atoms with E-state index in [1.807, 2.05) is 0 Å². The van der Waals surface area contributed by atoms with E-state index < -0.39 is 0 Å². The van der Waals surface area contributed by atoms with Crippen LogP contribution in [0.3, 0.4) is 0 Å². The molecule has 2 aliphatic heterocycles. The highest BCUT2D eigenvalue weighted by atomic mass is 16.5. The molecular formula is C13H23NO3. The van der Waals surface area contributed by atoms with Crippen LogP contribution in [-0.4, -0.2) is 55.2 Å². The van der Waals surface area contributed by atoms with E-state index in [2.05, 4.69) is 11.8 Å². The molecule has 0 saturated carbocycles. The minimum Gasteiger partial charge on any atom is -0.393 e. The standard InChI is InChI=1S/C13H23NO3/c1-11-7-14(5-3-12(11)16)8-13(9-15)4-2-6-17-10-13/h9,11-12,16H,2-8,10H2,1H3. The zero-order valence-electron chi connectivity index (χ0n) is 10.6. The fourth-order valence-electron chi connectivity index (χ4n) is 2.94. The molecule has 4 heteroatoms. The van der Waals surface area contributed by atoms with Gasteiger partial charge in [0.05, 0.1) is 18.1 Å². The van der Waals surface area contributed by atoms with Crippen molar-refractivity contribution in [2.45, 2.75) is 32.3 Å². The maximum atomic E-state index is 11.3. The molecule has 3 unspecified atom stereocenters. The van der Waals surface area contributed by atoms with Gasteiger partial charge in [-0.05, 0) is 25.2 Å². The van der Waals surface area contributed by atoms with Crippen LogP contribution in [0.2, 0.25) is 0 Å². The SMILES string of the molecule is CC1CN(CC2(C=O)CCCOC2)CCC1O. The number of rotatable bonds is 3. The van der Waals surface area contributed by atoms with Crippen LogP contribution in [0.1, 0.15) is 26.2 Å². The first-order chi connectivity index (χ1) is 8.15. The molecule has 0 amide bonds. The second kappa shape index (κ2) is 5.46. The van der Waals surface area contributed by atoms with Crippen molar-refractivity contribution in [3.63, 3.8) is 0 Å². The van der Waals surface area contributed by atoms with Gasteiger partial charge in [0.2, 0.25) is 0 Å². The van der Waals surface area contributed by atoms with Gasteiger partial charge in [-0.15, -0.1) is 0 Å². The summed E-state index contributed by atoms with van der Waals surface area (Å²) in [7, 11) is 0. The first-order valence-electron chi connectivity index (χ1n) is 6.60. The lowest BCUT2D eigenvalue weighted by atomic mass is 9.82. The van der Waals surface area contributed by atoms with Crippen LogP contribution in [0.5, 0.6) is 0 Å². The molecule has 98 valence electrons. The first-order valence-corrected chi connectivity index (χ1v) is 6.60. The van der Waals surface area contributed by atoms with Crippen molar-refractivity contribution in [3.8, 4) is 0 Å². The van der Waals surface area contributed by atoms with E-state index >= 15 is 0 Å². The van der Waals surface area contributed by atoms with Gasteiger partial charge in [0.15, 0.2) is 0 Å². The fourth-order valence-corrected chi connectivity index (χ4v) is 2.94. The van der Waals surface area contributed by atoms with E-state index in [4.69, 9.17) is 4.74 Å². The predicted octanol–water partition coefficient (Wildman–Crippen LogP) is 0.685. The second-order valence-corrected chi connectivity index (χ2v) is 5.70. The zero-order valence-corrected chi connectivity index (χ0v) is 10.6. The number of carbonyl (C=O) groups is 1. The highest BCUT2D eigenvalue weighted by Gasteiger charge is 2.36. The highest BCUT2D eigenvalue weighted by Crippen LogP contribution is 2.29. The maximum Gasteiger partial charge on any atom is 0.129 e. The topological polar surface area (TPSA) is 49.8 Å². The molecule has 0 radical (unpaired) electrons. The van der Waals surface area contributed by atoms with E-state index in [0.717, 1.165) is 51.8 Å². The van der Waals surface area contributed by atoms with Crippen LogP contribution in [0.25, 0.3) is 0 Å². The van der Waals surface area contributed by atoms with Gasteiger partial charge in [-0.3, -0.25) is 0 Å². The summed E-state index contributed by atoms with van der Waals surface area (Å²) in [5.74, 6) is 0.303. The van der Waals surface area contributed by atoms with Gasteiger partial charge in [-0.25, -0.2) is 0 Å². The molecule has 2 rings (SSSR count). The largest absolute Gasteiger partial charge is 0.393 e. The Morgan fingerprint density at radius 2 is 2.41 bits per heavy atom. The van der Waals surface area contributed by atoms with Crippen molar-refractivity contribution in [2.24, 2.45) is 11.3 Å². The number of aliphatic hydroxyl groups is 1. The summed E-state index contributed by atoms with van der Waals surface area (Å²) in [5, 5.41) is 9.70. The van der Waals surface area contributed by atoms with E-state index in [9.17, 15) is 9.90 Å². The first kappa shape index (κ1) is 13.0. The van der Waals surface area contributed by atoms with Crippen molar-refractivity contribution in [1.29, 1.82) is 0 Å². The molecule has 2 saturated heterocycles. The molecule has 0 aromatic heterocycles. The molecule has 0 aliphatic carbocycles. The van der Waals surface area contributed by atoms with Crippen molar-refractivity contribution in [1.82, 2.24) is 4.90 Å². The fraction of sp³-hybridized carbons (Fsp3) is 0.923. The molecule has 0 aromatic carbocycles. The number of aldehydes is 1. The number of likely N-dealkylation sites (tertiary alicyclic amines) is 1. The van der Waals surface area contributed by atoms with Crippen LogP contribution in [0, 0.1) is 11.3 Å². The molecule has 1 N–H and O–H groups in total. The molecule has 2 fully saturated rings. The van der Waals surface area contributed by atoms with Crippen LogP contribution in [0.15, 0.2) is 0 Å².